The molecule has 0 amide bonds. The minimum atomic E-state index is 0.595. The molecular weight excluding hydrogens is 502 g/mol. The van der Waals surface area contributed by atoms with E-state index in [1.54, 1.807) is 14.2 Å². The van der Waals surface area contributed by atoms with Gasteiger partial charge >= 0.3 is 0 Å². The average Bonchev–Trinajstić information content (AvgIpc) is 3.03. The van der Waals surface area contributed by atoms with Crippen molar-refractivity contribution < 1.29 is 9.47 Å². The SMILES string of the molecule is CCc1ccc(C(=Cc2ccc(N(c3ccc(COC)cc3)c3ccc(COC)cc3)cc2)c2ccccc2)cc1. The third kappa shape index (κ3) is 7.01. The maximum Gasteiger partial charge on any atom is 0.0713 e. The first-order valence-corrected chi connectivity index (χ1v) is 14.1. The third-order valence-corrected chi connectivity index (χ3v) is 7.23. The van der Waals surface area contributed by atoms with Crippen LogP contribution in [0.25, 0.3) is 11.6 Å². The van der Waals surface area contributed by atoms with Crippen LogP contribution in [0.5, 0.6) is 0 Å². The van der Waals surface area contributed by atoms with Gasteiger partial charge < -0.3 is 14.4 Å². The number of hydrogen-bond acceptors (Lipinski definition) is 3. The highest BCUT2D eigenvalue weighted by Gasteiger charge is 2.13. The Labute approximate surface area is 244 Å². The van der Waals surface area contributed by atoms with Crippen LogP contribution in [0.3, 0.4) is 0 Å². The summed E-state index contributed by atoms with van der Waals surface area (Å²) >= 11 is 0. The Balaban J connectivity index is 1.52. The highest BCUT2D eigenvalue weighted by molar-refractivity contribution is 5.91. The summed E-state index contributed by atoms with van der Waals surface area (Å²) in [6.07, 6.45) is 3.32. The van der Waals surface area contributed by atoms with Crippen LogP contribution >= 0.6 is 0 Å². The van der Waals surface area contributed by atoms with Gasteiger partial charge in [-0.2, -0.15) is 0 Å². The van der Waals surface area contributed by atoms with E-state index in [0.717, 1.165) is 40.2 Å². The highest BCUT2D eigenvalue weighted by atomic mass is 16.5. The molecule has 0 aliphatic heterocycles. The Morgan fingerprint density at radius 2 is 0.976 bits per heavy atom. The quantitative estimate of drug-likeness (QED) is 0.156. The average molecular weight is 540 g/mol. The zero-order chi connectivity index (χ0) is 28.4. The topological polar surface area (TPSA) is 21.7 Å². The molecule has 0 atom stereocenters. The number of benzene rings is 5. The zero-order valence-corrected chi connectivity index (χ0v) is 24.1. The van der Waals surface area contributed by atoms with Gasteiger partial charge in [-0.15, -0.1) is 0 Å². The van der Waals surface area contributed by atoms with Crippen LogP contribution in [-0.2, 0) is 29.1 Å². The molecule has 0 saturated heterocycles. The normalized spacial score (nSPS) is 11.4. The fourth-order valence-corrected chi connectivity index (χ4v) is 5.02. The summed E-state index contributed by atoms with van der Waals surface area (Å²) in [5, 5.41) is 0. The molecule has 0 unspecified atom stereocenters. The van der Waals surface area contributed by atoms with Gasteiger partial charge in [-0.05, 0) is 87.8 Å². The Hall–Kier alpha value is -4.44. The van der Waals surface area contributed by atoms with E-state index in [-0.39, 0.29) is 0 Å². The lowest BCUT2D eigenvalue weighted by Crippen LogP contribution is -2.10. The van der Waals surface area contributed by atoms with Gasteiger partial charge in [0.1, 0.15) is 0 Å². The lowest BCUT2D eigenvalue weighted by molar-refractivity contribution is 0.185. The Bertz CT molecular complexity index is 1490. The number of nitrogens with zero attached hydrogens (tertiary/aromatic N) is 1. The molecule has 0 N–H and O–H groups in total. The maximum absolute atomic E-state index is 5.32. The summed E-state index contributed by atoms with van der Waals surface area (Å²) in [5.41, 5.74) is 11.7. The molecule has 5 rings (SSSR count). The predicted octanol–water partition coefficient (Wildman–Crippen LogP) is 9.60. The molecule has 0 fully saturated rings. The fourth-order valence-electron chi connectivity index (χ4n) is 5.02. The van der Waals surface area contributed by atoms with Gasteiger partial charge in [-0.3, -0.25) is 0 Å². The van der Waals surface area contributed by atoms with Crippen molar-refractivity contribution in [1.82, 2.24) is 0 Å². The van der Waals surface area contributed by atoms with Gasteiger partial charge in [0.2, 0.25) is 0 Å². The van der Waals surface area contributed by atoms with Crippen molar-refractivity contribution in [3.05, 3.63) is 161 Å². The van der Waals surface area contributed by atoms with Crippen LogP contribution in [0, 0.1) is 0 Å². The molecule has 0 saturated carbocycles. The number of aryl methyl sites for hydroxylation is 1. The van der Waals surface area contributed by atoms with Crippen LogP contribution in [0.1, 0.15) is 40.3 Å². The lowest BCUT2D eigenvalue weighted by Gasteiger charge is -2.26. The number of methoxy groups -OCH3 is 2. The van der Waals surface area contributed by atoms with Crippen LogP contribution in [-0.4, -0.2) is 14.2 Å². The molecule has 0 spiro atoms. The van der Waals surface area contributed by atoms with Crippen molar-refractivity contribution in [2.45, 2.75) is 26.6 Å². The van der Waals surface area contributed by atoms with E-state index in [4.69, 9.17) is 9.47 Å². The molecule has 5 aromatic carbocycles. The Morgan fingerprint density at radius 3 is 1.44 bits per heavy atom. The van der Waals surface area contributed by atoms with Gasteiger partial charge in [-0.1, -0.05) is 97.9 Å². The molecule has 5 aromatic rings. The molecule has 0 aliphatic carbocycles. The van der Waals surface area contributed by atoms with Crippen molar-refractivity contribution in [1.29, 1.82) is 0 Å². The Kier molecular flexibility index (Phi) is 9.43. The third-order valence-electron chi connectivity index (χ3n) is 7.23. The predicted molar refractivity (Wildman–Crippen MR) is 172 cm³/mol. The summed E-state index contributed by atoms with van der Waals surface area (Å²) in [7, 11) is 3.45. The molecule has 0 aromatic heterocycles. The monoisotopic (exact) mass is 539 g/mol. The van der Waals surface area contributed by atoms with Crippen molar-refractivity contribution >= 4 is 28.7 Å². The second-order valence-electron chi connectivity index (χ2n) is 10.1. The van der Waals surface area contributed by atoms with E-state index in [0.29, 0.717) is 13.2 Å². The van der Waals surface area contributed by atoms with E-state index >= 15 is 0 Å². The van der Waals surface area contributed by atoms with Gasteiger partial charge in [0, 0.05) is 31.3 Å². The lowest BCUT2D eigenvalue weighted by atomic mass is 9.94. The van der Waals surface area contributed by atoms with Gasteiger partial charge in [0.05, 0.1) is 13.2 Å². The van der Waals surface area contributed by atoms with Crippen molar-refractivity contribution in [3.8, 4) is 0 Å². The molecule has 0 heterocycles. The Morgan fingerprint density at radius 1 is 0.537 bits per heavy atom. The first-order valence-electron chi connectivity index (χ1n) is 14.1. The van der Waals surface area contributed by atoms with Gasteiger partial charge in [-0.25, -0.2) is 0 Å². The molecular formula is C38H37NO2. The number of rotatable bonds is 11. The van der Waals surface area contributed by atoms with Gasteiger partial charge in [0.15, 0.2) is 0 Å². The van der Waals surface area contributed by atoms with E-state index in [9.17, 15) is 0 Å². The molecule has 0 aliphatic rings. The number of ether oxygens (including phenoxy) is 2. The first-order chi connectivity index (χ1) is 20.2. The second kappa shape index (κ2) is 13.8. The summed E-state index contributed by atoms with van der Waals surface area (Å²) in [6, 6.07) is 45.4. The minimum Gasteiger partial charge on any atom is -0.380 e. The molecule has 0 bridgehead atoms. The van der Waals surface area contributed by atoms with Crippen LogP contribution in [0.2, 0.25) is 0 Å². The largest absolute Gasteiger partial charge is 0.380 e. The highest BCUT2D eigenvalue weighted by Crippen LogP contribution is 2.35. The standard InChI is InChI=1S/C38H37NO2/c1-4-29-10-18-34(19-11-29)38(33-8-6-5-7-9-33)26-30-12-20-35(21-13-30)39(36-22-14-31(15-23-36)27-40-2)37-24-16-32(17-25-37)28-41-3/h5-26H,4,27-28H2,1-3H3. The smallest absolute Gasteiger partial charge is 0.0713 e. The minimum absolute atomic E-state index is 0.595. The molecule has 206 valence electrons. The van der Waals surface area contributed by atoms with Crippen molar-refractivity contribution in [2.75, 3.05) is 19.1 Å². The molecule has 3 heteroatoms. The summed E-state index contributed by atoms with van der Waals surface area (Å²) in [5.74, 6) is 0. The number of anilines is 3. The summed E-state index contributed by atoms with van der Waals surface area (Å²) < 4.78 is 10.6. The number of hydrogen-bond donors (Lipinski definition) is 0. The van der Waals surface area contributed by atoms with Gasteiger partial charge in [0.25, 0.3) is 0 Å². The maximum atomic E-state index is 5.32. The van der Waals surface area contributed by atoms with Crippen LogP contribution < -0.4 is 4.90 Å². The van der Waals surface area contributed by atoms with Crippen molar-refractivity contribution in [2.24, 2.45) is 0 Å². The molecule has 0 radical (unpaired) electrons. The fraction of sp³-hybridized carbons (Fsp3) is 0.158. The zero-order valence-electron chi connectivity index (χ0n) is 24.1. The van der Waals surface area contributed by atoms with Crippen molar-refractivity contribution in [3.63, 3.8) is 0 Å². The second-order valence-corrected chi connectivity index (χ2v) is 10.1. The van der Waals surface area contributed by atoms with Crippen LogP contribution in [0.4, 0.5) is 17.1 Å². The van der Waals surface area contributed by atoms with E-state index in [1.807, 2.05) is 0 Å². The van der Waals surface area contributed by atoms with E-state index in [1.165, 1.54) is 22.3 Å². The summed E-state index contributed by atoms with van der Waals surface area (Å²) in [4.78, 5) is 2.28. The summed E-state index contributed by atoms with van der Waals surface area (Å²) in [6.45, 7) is 3.38. The molecule has 41 heavy (non-hydrogen) atoms. The van der Waals surface area contributed by atoms with E-state index in [2.05, 4.69) is 145 Å². The molecule has 3 nitrogen and oxygen atoms in total. The first kappa shape index (κ1) is 28.1. The van der Waals surface area contributed by atoms with E-state index < -0.39 is 0 Å². The van der Waals surface area contributed by atoms with Crippen LogP contribution in [0.15, 0.2) is 127 Å².